The first-order chi connectivity index (χ1) is 12.2. The molecule has 0 bridgehead atoms. The molecule has 0 aromatic heterocycles. The van der Waals surface area contributed by atoms with Gasteiger partial charge in [0, 0.05) is 18.2 Å². The number of methoxy groups -OCH3 is 2. The van der Waals surface area contributed by atoms with E-state index in [0.29, 0.717) is 6.04 Å². The molecule has 0 amide bonds. The van der Waals surface area contributed by atoms with Crippen molar-refractivity contribution in [1.82, 2.24) is 4.90 Å². The molecule has 2 aliphatic heterocycles. The van der Waals surface area contributed by atoms with E-state index in [-0.39, 0.29) is 20.3 Å². The fourth-order valence-corrected chi connectivity index (χ4v) is 4.43. The lowest BCUT2D eigenvalue weighted by Gasteiger charge is -2.40. The molecular formula is C20H23NO4S. The summed E-state index contributed by atoms with van der Waals surface area (Å²) < 4.78 is 22.7. The molecule has 6 heteroatoms. The average molecular weight is 373 g/mol. The molecule has 0 N–H and O–H groups in total. The maximum absolute atomic E-state index is 5.88. The summed E-state index contributed by atoms with van der Waals surface area (Å²) in [4.78, 5) is 2.44. The Labute approximate surface area is 160 Å². The normalized spacial score (nSPS) is 19.3. The van der Waals surface area contributed by atoms with Crippen molar-refractivity contribution >= 4 is 13.5 Å². The maximum Gasteiger partial charge on any atom is 0.231 e. The summed E-state index contributed by atoms with van der Waals surface area (Å²) in [6, 6.07) is 6.72. The van der Waals surface area contributed by atoms with Gasteiger partial charge in [-0.05, 0) is 60.3 Å². The van der Waals surface area contributed by atoms with Crippen LogP contribution in [0.2, 0.25) is 0 Å². The van der Waals surface area contributed by atoms with Gasteiger partial charge >= 0.3 is 0 Å². The molecule has 1 aliphatic carbocycles. The van der Waals surface area contributed by atoms with E-state index in [0.717, 1.165) is 42.4 Å². The molecule has 0 saturated carbocycles. The van der Waals surface area contributed by atoms with E-state index in [1.807, 2.05) is 0 Å². The van der Waals surface area contributed by atoms with E-state index in [1.54, 1.807) is 14.2 Å². The zero-order valence-corrected chi connectivity index (χ0v) is 16.2. The minimum atomic E-state index is 0. The monoisotopic (exact) mass is 373 g/mol. The average Bonchev–Trinajstić information content (AvgIpc) is 3.11. The molecule has 2 aromatic carbocycles. The minimum absolute atomic E-state index is 0. The largest absolute Gasteiger partial charge is 0.493 e. The first-order valence-corrected chi connectivity index (χ1v) is 8.62. The predicted molar refractivity (Wildman–Crippen MR) is 104 cm³/mol. The van der Waals surface area contributed by atoms with Crippen molar-refractivity contribution in [3.05, 3.63) is 34.9 Å². The molecule has 138 valence electrons. The first kappa shape index (κ1) is 17.4. The van der Waals surface area contributed by atoms with Crippen molar-refractivity contribution in [3.8, 4) is 34.1 Å². The van der Waals surface area contributed by atoms with Crippen LogP contribution in [0.4, 0.5) is 0 Å². The molecule has 26 heavy (non-hydrogen) atoms. The van der Waals surface area contributed by atoms with Crippen LogP contribution in [0.1, 0.15) is 22.7 Å². The van der Waals surface area contributed by atoms with Crippen molar-refractivity contribution in [2.24, 2.45) is 0 Å². The van der Waals surface area contributed by atoms with Crippen LogP contribution in [0, 0.1) is 0 Å². The van der Waals surface area contributed by atoms with Crippen LogP contribution in [-0.4, -0.2) is 39.5 Å². The van der Waals surface area contributed by atoms with E-state index in [4.69, 9.17) is 18.9 Å². The summed E-state index contributed by atoms with van der Waals surface area (Å²) in [5.74, 6) is 3.24. The fourth-order valence-electron chi connectivity index (χ4n) is 4.43. The topological polar surface area (TPSA) is 40.2 Å². The van der Waals surface area contributed by atoms with Crippen molar-refractivity contribution < 1.29 is 18.9 Å². The van der Waals surface area contributed by atoms with Crippen LogP contribution in [-0.2, 0) is 12.8 Å². The van der Waals surface area contributed by atoms with Crippen molar-refractivity contribution in [2.75, 3.05) is 34.6 Å². The number of hydrogen-bond donors (Lipinski definition) is 0. The second kappa shape index (κ2) is 6.28. The first-order valence-electron chi connectivity index (χ1n) is 8.62. The van der Waals surface area contributed by atoms with Crippen LogP contribution in [0.5, 0.6) is 23.0 Å². The Kier molecular flexibility index (Phi) is 4.20. The highest BCUT2D eigenvalue weighted by atomic mass is 32.1. The highest BCUT2D eigenvalue weighted by molar-refractivity contribution is 7.59. The Morgan fingerprint density at radius 2 is 1.81 bits per heavy atom. The lowest BCUT2D eigenvalue weighted by molar-refractivity contribution is 0.174. The molecule has 5 rings (SSSR count). The van der Waals surface area contributed by atoms with E-state index >= 15 is 0 Å². The van der Waals surface area contributed by atoms with Crippen LogP contribution in [0.25, 0.3) is 11.1 Å². The minimum Gasteiger partial charge on any atom is -0.493 e. The highest BCUT2D eigenvalue weighted by Crippen LogP contribution is 2.55. The Morgan fingerprint density at radius 1 is 1.04 bits per heavy atom. The van der Waals surface area contributed by atoms with E-state index < -0.39 is 0 Å². The molecular weight excluding hydrogens is 350 g/mol. The summed E-state index contributed by atoms with van der Waals surface area (Å²) in [6.07, 6.45) is 2.00. The molecule has 0 spiro atoms. The number of fused-ring (bicyclic) bond motifs is 4. The summed E-state index contributed by atoms with van der Waals surface area (Å²) in [7, 11) is 5.56. The maximum atomic E-state index is 5.88. The van der Waals surface area contributed by atoms with Gasteiger partial charge in [0.2, 0.25) is 6.79 Å². The summed E-state index contributed by atoms with van der Waals surface area (Å²) >= 11 is 0. The van der Waals surface area contributed by atoms with E-state index in [2.05, 4.69) is 30.1 Å². The summed E-state index contributed by atoms with van der Waals surface area (Å²) in [5.41, 5.74) is 6.37. The molecule has 3 aliphatic rings. The molecule has 0 radical (unpaired) electrons. The van der Waals surface area contributed by atoms with Gasteiger partial charge in [-0.2, -0.15) is 13.5 Å². The lowest BCUT2D eigenvalue weighted by Crippen LogP contribution is -2.35. The molecule has 1 atom stereocenters. The SMILES string of the molecule is COc1cc2c(cc1OC)-c1c3c(cc4c1C(C2)N(C)CC4)OCO3.S. The molecule has 0 saturated heterocycles. The van der Waals surface area contributed by atoms with Gasteiger partial charge in [-0.15, -0.1) is 0 Å². The van der Waals surface area contributed by atoms with Crippen LogP contribution >= 0.6 is 13.5 Å². The van der Waals surface area contributed by atoms with Gasteiger partial charge in [-0.3, -0.25) is 4.90 Å². The van der Waals surface area contributed by atoms with Gasteiger partial charge in [-0.1, -0.05) is 0 Å². The van der Waals surface area contributed by atoms with Crippen LogP contribution in [0.15, 0.2) is 18.2 Å². The Balaban J connectivity index is 0.00000168. The highest BCUT2D eigenvalue weighted by Gasteiger charge is 2.38. The standard InChI is InChI=1S/C20H21NO4.H2S/c1-21-5-4-11-7-17-20(25-10-24-17)19-13-9-16(23-3)15(22-2)8-12(13)6-14(21)18(11)19;/h7-9,14H,4-6,10H2,1-3H3;1H2. The van der Waals surface area contributed by atoms with Gasteiger partial charge < -0.3 is 18.9 Å². The predicted octanol–water partition coefficient (Wildman–Crippen LogP) is 3.30. The third-order valence-corrected chi connectivity index (χ3v) is 5.68. The fraction of sp³-hybridized carbons (Fsp3) is 0.400. The van der Waals surface area contributed by atoms with Gasteiger partial charge in [-0.25, -0.2) is 0 Å². The van der Waals surface area contributed by atoms with Gasteiger partial charge in [0.15, 0.2) is 23.0 Å². The summed E-state index contributed by atoms with van der Waals surface area (Å²) in [6.45, 7) is 1.34. The Hall–Kier alpha value is -2.05. The Morgan fingerprint density at radius 3 is 2.58 bits per heavy atom. The van der Waals surface area contributed by atoms with Gasteiger partial charge in [0.05, 0.1) is 14.2 Å². The third kappa shape index (κ3) is 2.28. The number of hydrogen-bond acceptors (Lipinski definition) is 5. The molecule has 1 unspecified atom stereocenters. The molecule has 0 fully saturated rings. The number of ether oxygens (including phenoxy) is 4. The molecule has 2 aromatic rings. The number of benzene rings is 2. The Bertz CT molecular complexity index is 883. The number of likely N-dealkylation sites (N-methyl/N-ethyl adjacent to an activating group) is 1. The second-order valence-corrected chi connectivity index (χ2v) is 6.87. The summed E-state index contributed by atoms with van der Waals surface area (Å²) in [5, 5.41) is 0. The van der Waals surface area contributed by atoms with Crippen LogP contribution in [0.3, 0.4) is 0 Å². The van der Waals surface area contributed by atoms with E-state index in [1.165, 1.54) is 27.8 Å². The second-order valence-electron chi connectivity index (χ2n) is 6.87. The van der Waals surface area contributed by atoms with Crippen molar-refractivity contribution in [2.45, 2.75) is 18.9 Å². The number of rotatable bonds is 2. The van der Waals surface area contributed by atoms with Gasteiger partial charge in [0.25, 0.3) is 0 Å². The zero-order chi connectivity index (χ0) is 17.1. The third-order valence-electron chi connectivity index (χ3n) is 5.68. The smallest absolute Gasteiger partial charge is 0.231 e. The quantitative estimate of drug-likeness (QED) is 0.808. The van der Waals surface area contributed by atoms with Gasteiger partial charge in [0.1, 0.15) is 0 Å². The van der Waals surface area contributed by atoms with Crippen molar-refractivity contribution in [3.63, 3.8) is 0 Å². The molecule has 5 nitrogen and oxygen atoms in total. The van der Waals surface area contributed by atoms with E-state index in [9.17, 15) is 0 Å². The lowest BCUT2D eigenvalue weighted by atomic mass is 9.76. The number of nitrogens with zero attached hydrogens (tertiary/aromatic N) is 1. The zero-order valence-electron chi connectivity index (χ0n) is 15.2. The molecule has 2 heterocycles. The van der Waals surface area contributed by atoms with Crippen LogP contribution < -0.4 is 18.9 Å². The van der Waals surface area contributed by atoms with Crippen molar-refractivity contribution in [1.29, 1.82) is 0 Å².